The van der Waals surface area contributed by atoms with Crippen LogP contribution in [0.4, 0.5) is 5.13 Å². The van der Waals surface area contributed by atoms with Gasteiger partial charge in [0, 0.05) is 16.0 Å². The van der Waals surface area contributed by atoms with Crippen LogP contribution in [0.5, 0.6) is 0 Å². The molecule has 0 spiro atoms. The molecule has 7 heteroatoms. The predicted molar refractivity (Wildman–Crippen MR) is 86.6 cm³/mol. The van der Waals surface area contributed by atoms with Crippen molar-refractivity contribution in [2.75, 3.05) is 4.90 Å². The van der Waals surface area contributed by atoms with Crippen LogP contribution in [0, 0.1) is 5.41 Å². The van der Waals surface area contributed by atoms with Crippen molar-refractivity contribution in [2.24, 2.45) is 0 Å². The second-order valence-corrected chi connectivity index (χ2v) is 7.21. The molecule has 3 rings (SSSR count). The summed E-state index contributed by atoms with van der Waals surface area (Å²) in [6.07, 6.45) is 2.27. The van der Waals surface area contributed by atoms with E-state index in [4.69, 9.17) is 5.41 Å². The fourth-order valence-corrected chi connectivity index (χ4v) is 3.96. The van der Waals surface area contributed by atoms with Crippen molar-refractivity contribution < 1.29 is 4.79 Å². The Morgan fingerprint density at radius 3 is 2.75 bits per heavy atom. The Morgan fingerprint density at radius 2 is 2.10 bits per heavy atom. The van der Waals surface area contributed by atoms with Crippen LogP contribution in [-0.2, 0) is 11.2 Å². The summed E-state index contributed by atoms with van der Waals surface area (Å²) in [7, 11) is 0. The monoisotopic (exact) mass is 367 g/mol. The summed E-state index contributed by atoms with van der Waals surface area (Å²) in [5.41, 5.74) is 1.09. The number of benzene rings is 1. The average Bonchev–Trinajstić information content (AvgIpc) is 3.02. The summed E-state index contributed by atoms with van der Waals surface area (Å²) in [5.74, 6) is -0.0575. The Bertz CT molecular complexity index is 642. The summed E-state index contributed by atoms with van der Waals surface area (Å²) in [6, 6.07) is 7.91. The van der Waals surface area contributed by atoms with E-state index in [0.717, 1.165) is 10.0 Å². The molecule has 1 N–H and O–H groups in total. The lowest BCUT2D eigenvalue weighted by Gasteiger charge is -2.11. The van der Waals surface area contributed by atoms with Gasteiger partial charge < -0.3 is 0 Å². The van der Waals surface area contributed by atoms with Crippen LogP contribution >= 0.6 is 39.0 Å². The van der Waals surface area contributed by atoms with Crippen molar-refractivity contribution in [1.29, 1.82) is 5.41 Å². The topological polar surface area (TPSA) is 57.1 Å². The van der Waals surface area contributed by atoms with Gasteiger partial charge in [-0.2, -0.15) is 0 Å². The fraction of sp³-hybridized carbons (Fsp3) is 0.154. The van der Waals surface area contributed by atoms with Crippen molar-refractivity contribution >= 4 is 55.2 Å². The number of thioether (sulfide) groups is 1. The number of halogens is 1. The van der Waals surface area contributed by atoms with E-state index in [1.54, 1.807) is 6.20 Å². The zero-order valence-corrected chi connectivity index (χ0v) is 13.5. The molecule has 1 atom stereocenters. The number of aromatic nitrogens is 1. The zero-order chi connectivity index (χ0) is 14.1. The Morgan fingerprint density at radius 1 is 1.35 bits per heavy atom. The second kappa shape index (κ2) is 5.67. The lowest BCUT2D eigenvalue weighted by atomic mass is 10.1. The molecule has 20 heavy (non-hydrogen) atoms. The molecule has 102 valence electrons. The van der Waals surface area contributed by atoms with Crippen LogP contribution < -0.4 is 4.90 Å². The van der Waals surface area contributed by atoms with Gasteiger partial charge in [0.05, 0.1) is 5.25 Å². The maximum atomic E-state index is 12.4. The minimum absolute atomic E-state index is 0.0575. The Hall–Kier alpha value is -1.18. The SMILES string of the molecule is N=C1S[C@@H](Cc2ccc(Br)cc2)C(=O)N1c1nccs1. The quantitative estimate of drug-likeness (QED) is 0.902. The summed E-state index contributed by atoms with van der Waals surface area (Å²) in [4.78, 5) is 17.9. The number of carbonyl (C=O) groups excluding carboxylic acids is 1. The van der Waals surface area contributed by atoms with Crippen LogP contribution in [0.25, 0.3) is 0 Å². The number of anilines is 1. The van der Waals surface area contributed by atoms with Gasteiger partial charge in [0.25, 0.3) is 0 Å². The smallest absolute Gasteiger partial charge is 0.248 e. The number of carbonyl (C=O) groups is 1. The van der Waals surface area contributed by atoms with E-state index < -0.39 is 0 Å². The van der Waals surface area contributed by atoms with E-state index >= 15 is 0 Å². The molecule has 1 fully saturated rings. The third kappa shape index (κ3) is 2.65. The number of thiazole rings is 1. The van der Waals surface area contributed by atoms with Crippen molar-refractivity contribution in [2.45, 2.75) is 11.7 Å². The van der Waals surface area contributed by atoms with Crippen LogP contribution in [-0.4, -0.2) is 21.3 Å². The van der Waals surface area contributed by atoms with Gasteiger partial charge in [-0.25, -0.2) is 9.88 Å². The van der Waals surface area contributed by atoms with E-state index in [0.29, 0.717) is 11.6 Å². The minimum Gasteiger partial charge on any atom is -0.278 e. The van der Waals surface area contributed by atoms with Gasteiger partial charge >= 0.3 is 0 Å². The molecule has 0 aliphatic carbocycles. The number of nitrogens with one attached hydrogen (secondary N) is 1. The van der Waals surface area contributed by atoms with Gasteiger partial charge in [0.2, 0.25) is 5.91 Å². The Labute approximate surface area is 132 Å². The highest BCUT2D eigenvalue weighted by Crippen LogP contribution is 2.33. The van der Waals surface area contributed by atoms with Crippen LogP contribution in [0.3, 0.4) is 0 Å². The first-order valence-corrected chi connectivity index (χ1v) is 8.43. The first kappa shape index (κ1) is 13.8. The van der Waals surface area contributed by atoms with E-state index in [1.165, 1.54) is 28.0 Å². The Kier molecular flexibility index (Phi) is 3.91. The van der Waals surface area contributed by atoms with E-state index in [-0.39, 0.29) is 16.3 Å². The molecule has 0 unspecified atom stereocenters. The van der Waals surface area contributed by atoms with Crippen molar-refractivity contribution in [3.8, 4) is 0 Å². The van der Waals surface area contributed by atoms with E-state index in [9.17, 15) is 4.79 Å². The highest BCUT2D eigenvalue weighted by molar-refractivity contribution is 9.10. The van der Waals surface area contributed by atoms with Gasteiger partial charge in [-0.3, -0.25) is 10.2 Å². The zero-order valence-electron chi connectivity index (χ0n) is 10.2. The highest BCUT2D eigenvalue weighted by atomic mass is 79.9. The minimum atomic E-state index is -0.243. The lowest BCUT2D eigenvalue weighted by Crippen LogP contribution is -2.32. The summed E-state index contributed by atoms with van der Waals surface area (Å²) < 4.78 is 1.02. The maximum Gasteiger partial charge on any atom is 0.248 e. The normalized spacial score (nSPS) is 18.9. The third-order valence-electron chi connectivity index (χ3n) is 2.90. The van der Waals surface area contributed by atoms with Crippen molar-refractivity contribution in [3.05, 3.63) is 45.9 Å². The molecule has 0 saturated carbocycles. The van der Waals surface area contributed by atoms with Crippen molar-refractivity contribution in [1.82, 2.24) is 4.98 Å². The molecule has 1 aromatic carbocycles. The number of amidine groups is 1. The van der Waals surface area contributed by atoms with Gasteiger partial charge in [0.15, 0.2) is 10.3 Å². The number of amides is 1. The summed E-state index contributed by atoms with van der Waals surface area (Å²) in [6.45, 7) is 0. The molecule has 1 saturated heterocycles. The van der Waals surface area contributed by atoms with Gasteiger partial charge in [-0.15, -0.1) is 11.3 Å². The molecule has 1 amide bonds. The summed E-state index contributed by atoms with van der Waals surface area (Å²) >= 11 is 6.06. The van der Waals surface area contributed by atoms with Gasteiger partial charge in [0.1, 0.15) is 0 Å². The van der Waals surface area contributed by atoms with Crippen LogP contribution in [0.1, 0.15) is 5.56 Å². The predicted octanol–water partition coefficient (Wildman–Crippen LogP) is 3.53. The Balaban J connectivity index is 1.78. The molecule has 0 bridgehead atoms. The highest BCUT2D eigenvalue weighted by Gasteiger charge is 2.39. The largest absolute Gasteiger partial charge is 0.278 e. The summed E-state index contributed by atoms with van der Waals surface area (Å²) in [5, 5.41) is 10.4. The molecule has 1 aliphatic heterocycles. The maximum absolute atomic E-state index is 12.4. The average molecular weight is 368 g/mol. The number of rotatable bonds is 3. The first-order chi connectivity index (χ1) is 9.65. The number of nitrogens with zero attached hydrogens (tertiary/aromatic N) is 2. The fourth-order valence-electron chi connectivity index (χ4n) is 1.95. The third-order valence-corrected chi connectivity index (χ3v) is 5.24. The first-order valence-electron chi connectivity index (χ1n) is 5.88. The standard InChI is InChI=1S/C13H10BrN3OS2/c14-9-3-1-8(2-4-9)7-10-11(18)17(12(15)20-10)13-16-5-6-19-13/h1-6,10,15H,7H2/t10-/m0/s1. The molecule has 1 aromatic heterocycles. The van der Waals surface area contributed by atoms with Gasteiger partial charge in [-0.1, -0.05) is 39.8 Å². The van der Waals surface area contributed by atoms with Gasteiger partial charge in [-0.05, 0) is 24.1 Å². The molecule has 0 radical (unpaired) electrons. The molecular weight excluding hydrogens is 358 g/mol. The lowest BCUT2D eigenvalue weighted by molar-refractivity contribution is -0.116. The number of hydrogen-bond acceptors (Lipinski definition) is 5. The molecule has 2 heterocycles. The number of hydrogen-bond donors (Lipinski definition) is 1. The molecule has 1 aliphatic rings. The van der Waals surface area contributed by atoms with E-state index in [2.05, 4.69) is 20.9 Å². The van der Waals surface area contributed by atoms with E-state index in [1.807, 2.05) is 29.6 Å². The molecular formula is C13H10BrN3OS2. The molecule has 4 nitrogen and oxygen atoms in total. The van der Waals surface area contributed by atoms with Crippen molar-refractivity contribution in [3.63, 3.8) is 0 Å². The van der Waals surface area contributed by atoms with Crippen LogP contribution in [0.15, 0.2) is 40.3 Å². The second-order valence-electron chi connectivity index (χ2n) is 4.23. The van der Waals surface area contributed by atoms with Crippen LogP contribution in [0.2, 0.25) is 0 Å². The molecule has 2 aromatic rings.